The van der Waals surface area contributed by atoms with Gasteiger partial charge >= 0.3 is 6.18 Å². The number of halogens is 6. The number of ether oxygens (including phenoxy) is 1. The van der Waals surface area contributed by atoms with Gasteiger partial charge in [0.2, 0.25) is 5.88 Å². The Labute approximate surface area is 207 Å². The summed E-state index contributed by atoms with van der Waals surface area (Å²) in [6.07, 6.45) is -2.05. The van der Waals surface area contributed by atoms with Crippen molar-refractivity contribution in [1.82, 2.24) is 14.5 Å². The molecular formula is C25H21F6N3O3. The lowest BCUT2D eigenvalue weighted by molar-refractivity contribution is -0.139. The molecule has 2 aromatic carbocycles. The van der Waals surface area contributed by atoms with Crippen LogP contribution in [0.2, 0.25) is 0 Å². The first-order valence-electron chi connectivity index (χ1n) is 10.7. The molecule has 0 bridgehead atoms. The van der Waals surface area contributed by atoms with Crippen LogP contribution in [0.15, 0.2) is 59.8 Å². The molecule has 0 fully saturated rings. The van der Waals surface area contributed by atoms with Crippen LogP contribution in [-0.2, 0) is 12.7 Å². The highest BCUT2D eigenvalue weighted by Crippen LogP contribution is 2.35. The maximum Gasteiger partial charge on any atom is 0.421 e. The number of pyridine rings is 1. The fraction of sp³-hybridized carbons (Fsp3) is 0.200. The zero-order chi connectivity index (χ0) is 27.8. The van der Waals surface area contributed by atoms with Gasteiger partial charge in [0.05, 0.1) is 30.9 Å². The van der Waals surface area contributed by atoms with Gasteiger partial charge in [-0.1, -0.05) is 26.0 Å². The number of carbonyl (C=O) groups is 1. The van der Waals surface area contributed by atoms with Gasteiger partial charge in [-0.3, -0.25) is 9.59 Å². The van der Waals surface area contributed by atoms with E-state index in [2.05, 4.69) is 14.7 Å². The number of hydrogen-bond donors (Lipinski definition) is 0. The van der Waals surface area contributed by atoms with Gasteiger partial charge in [-0.25, -0.2) is 18.2 Å². The highest BCUT2D eigenvalue weighted by atomic mass is 19.4. The Balaban J connectivity index is 0.000000263. The van der Waals surface area contributed by atoms with Gasteiger partial charge in [-0.2, -0.15) is 18.2 Å². The number of hydrogen-bond acceptors (Lipinski definition) is 5. The maximum atomic E-state index is 13.7. The lowest BCUT2D eigenvalue weighted by atomic mass is 10.1. The summed E-state index contributed by atoms with van der Waals surface area (Å²) in [5.41, 5.74) is -1.39. The number of alkyl halides is 3. The summed E-state index contributed by atoms with van der Waals surface area (Å²) >= 11 is 0. The number of rotatable bonds is 4. The summed E-state index contributed by atoms with van der Waals surface area (Å²) in [6.45, 7) is 3.81. The standard InChI is InChI=1S/C15H9F3N2O.C8H6F3NO2.C2H6/c16-9-5-12(17)11(13(18)6-9)7-20-8-19-15(21)10-3-1-2-4-14(10)20;1-14-7-6(8(9,10)11)2-5(4-13)3-12-7;1-2/h1-6,8H,7H2;2-4H,1H3;1-2H3. The number of carbonyl (C=O) groups excluding carboxylic acids is 1. The van der Waals surface area contributed by atoms with E-state index in [4.69, 9.17) is 0 Å². The number of aromatic nitrogens is 3. The monoisotopic (exact) mass is 525 g/mol. The SMILES string of the molecule is CC.COc1ncc(C=O)cc1C(F)(F)F.O=c1ncn(Cc2c(F)cc(F)cc2F)c2ccccc12. The van der Waals surface area contributed by atoms with E-state index >= 15 is 0 Å². The molecule has 0 aliphatic rings. The molecule has 4 rings (SSSR count). The average molecular weight is 525 g/mol. The van der Waals surface area contributed by atoms with E-state index in [1.54, 1.807) is 24.3 Å². The van der Waals surface area contributed by atoms with Gasteiger partial charge in [0, 0.05) is 29.5 Å². The zero-order valence-electron chi connectivity index (χ0n) is 19.8. The van der Waals surface area contributed by atoms with Crippen molar-refractivity contribution in [3.63, 3.8) is 0 Å². The summed E-state index contributed by atoms with van der Waals surface area (Å²) in [5.74, 6) is -3.47. The van der Waals surface area contributed by atoms with Crippen LogP contribution in [0.5, 0.6) is 5.88 Å². The molecule has 0 N–H and O–H groups in total. The van der Waals surface area contributed by atoms with E-state index in [1.807, 2.05) is 13.8 Å². The summed E-state index contributed by atoms with van der Waals surface area (Å²) in [5, 5.41) is 0.350. The number of benzene rings is 2. The third kappa shape index (κ3) is 7.15. The third-order valence-corrected chi connectivity index (χ3v) is 4.70. The second-order valence-corrected chi connectivity index (χ2v) is 6.98. The number of fused-ring (bicyclic) bond motifs is 1. The molecule has 0 saturated heterocycles. The lowest BCUT2D eigenvalue weighted by Crippen LogP contribution is -2.14. The largest absolute Gasteiger partial charge is 0.481 e. The highest BCUT2D eigenvalue weighted by Gasteiger charge is 2.35. The molecule has 37 heavy (non-hydrogen) atoms. The lowest BCUT2D eigenvalue weighted by Gasteiger charge is -2.11. The molecule has 0 unspecified atom stereocenters. The fourth-order valence-corrected chi connectivity index (χ4v) is 3.08. The van der Waals surface area contributed by atoms with E-state index in [1.165, 1.54) is 10.9 Å². The predicted molar refractivity (Wildman–Crippen MR) is 124 cm³/mol. The van der Waals surface area contributed by atoms with Crippen molar-refractivity contribution in [2.45, 2.75) is 26.6 Å². The average Bonchev–Trinajstić information content (AvgIpc) is 2.88. The third-order valence-electron chi connectivity index (χ3n) is 4.70. The van der Waals surface area contributed by atoms with E-state index < -0.39 is 40.6 Å². The fourth-order valence-electron chi connectivity index (χ4n) is 3.08. The second kappa shape index (κ2) is 12.7. The Kier molecular flexibility index (Phi) is 9.92. The van der Waals surface area contributed by atoms with Crippen molar-refractivity contribution in [2.75, 3.05) is 7.11 Å². The van der Waals surface area contributed by atoms with E-state index in [0.29, 0.717) is 35.4 Å². The van der Waals surface area contributed by atoms with E-state index in [9.17, 15) is 35.9 Å². The van der Waals surface area contributed by atoms with Crippen LogP contribution in [-0.4, -0.2) is 27.9 Å². The first-order chi connectivity index (χ1) is 17.5. The Morgan fingerprint density at radius 2 is 1.62 bits per heavy atom. The summed E-state index contributed by atoms with van der Waals surface area (Å²) in [7, 11) is 1.08. The molecular weight excluding hydrogens is 504 g/mol. The molecule has 4 aromatic rings. The van der Waals surface area contributed by atoms with E-state index in [-0.39, 0.29) is 17.7 Å². The second-order valence-electron chi connectivity index (χ2n) is 6.98. The van der Waals surface area contributed by atoms with Crippen LogP contribution in [0.4, 0.5) is 26.3 Å². The minimum atomic E-state index is -4.57. The van der Waals surface area contributed by atoms with Crippen LogP contribution in [0.3, 0.4) is 0 Å². The Hall–Kier alpha value is -4.22. The highest BCUT2D eigenvalue weighted by molar-refractivity contribution is 5.77. The Bertz CT molecular complexity index is 1410. The van der Waals surface area contributed by atoms with Gasteiger partial charge < -0.3 is 9.30 Å². The number of methoxy groups -OCH3 is 1. The molecule has 12 heteroatoms. The smallest absolute Gasteiger partial charge is 0.421 e. The van der Waals surface area contributed by atoms with Gasteiger partial charge in [0.15, 0.2) is 6.29 Å². The van der Waals surface area contributed by atoms with Crippen molar-refractivity contribution < 1.29 is 35.9 Å². The Morgan fingerprint density at radius 1 is 1.00 bits per heavy atom. The van der Waals surface area contributed by atoms with Crippen LogP contribution in [0.1, 0.15) is 35.3 Å². The summed E-state index contributed by atoms with van der Waals surface area (Å²) in [4.78, 5) is 28.9. The minimum absolute atomic E-state index is 0.141. The first kappa shape index (κ1) is 29.0. The Morgan fingerprint density at radius 3 is 2.19 bits per heavy atom. The van der Waals surface area contributed by atoms with Gasteiger partial charge in [-0.15, -0.1) is 0 Å². The van der Waals surface area contributed by atoms with Crippen LogP contribution in [0, 0.1) is 17.5 Å². The van der Waals surface area contributed by atoms with Crippen molar-refractivity contribution in [1.29, 1.82) is 0 Å². The van der Waals surface area contributed by atoms with Crippen molar-refractivity contribution in [2.24, 2.45) is 0 Å². The number of aldehydes is 1. The molecule has 0 amide bonds. The molecule has 0 atom stereocenters. The molecule has 2 heterocycles. The minimum Gasteiger partial charge on any atom is -0.481 e. The maximum absolute atomic E-state index is 13.7. The van der Waals surface area contributed by atoms with Crippen molar-refractivity contribution in [3.05, 3.63) is 99.5 Å². The van der Waals surface area contributed by atoms with Crippen molar-refractivity contribution >= 4 is 17.2 Å². The van der Waals surface area contributed by atoms with Gasteiger partial charge in [0.25, 0.3) is 5.56 Å². The molecule has 0 aliphatic heterocycles. The molecule has 0 spiro atoms. The van der Waals surface area contributed by atoms with Crippen molar-refractivity contribution in [3.8, 4) is 5.88 Å². The molecule has 0 aliphatic carbocycles. The molecule has 6 nitrogen and oxygen atoms in total. The number of para-hydroxylation sites is 1. The molecule has 2 aromatic heterocycles. The van der Waals surface area contributed by atoms with Crippen LogP contribution in [0.25, 0.3) is 10.9 Å². The van der Waals surface area contributed by atoms with Crippen LogP contribution >= 0.6 is 0 Å². The normalized spacial score (nSPS) is 10.6. The topological polar surface area (TPSA) is 74.1 Å². The predicted octanol–water partition coefficient (Wildman–Crippen LogP) is 5.81. The van der Waals surface area contributed by atoms with E-state index in [0.717, 1.165) is 13.3 Å². The molecule has 0 radical (unpaired) electrons. The summed E-state index contributed by atoms with van der Waals surface area (Å²) < 4.78 is 83.1. The van der Waals surface area contributed by atoms with Crippen LogP contribution < -0.4 is 10.3 Å². The van der Waals surface area contributed by atoms with Gasteiger partial charge in [-0.05, 0) is 18.2 Å². The zero-order valence-corrected chi connectivity index (χ0v) is 19.8. The summed E-state index contributed by atoms with van der Waals surface area (Å²) in [6, 6.07) is 8.55. The first-order valence-corrected chi connectivity index (χ1v) is 10.7. The van der Waals surface area contributed by atoms with Gasteiger partial charge in [0.1, 0.15) is 23.0 Å². The quantitative estimate of drug-likeness (QED) is 0.248. The molecule has 0 saturated carbocycles. The molecule has 196 valence electrons. The number of nitrogens with zero attached hydrogens (tertiary/aromatic N) is 3.